The summed E-state index contributed by atoms with van der Waals surface area (Å²) in [4.78, 5) is 34.5. The number of nitrogens with zero attached hydrogens (tertiary/aromatic N) is 4. The molecule has 0 radical (unpaired) electrons. The van der Waals surface area contributed by atoms with Crippen LogP contribution in [0.15, 0.2) is 46.7 Å². The predicted octanol–water partition coefficient (Wildman–Crippen LogP) is 3.35. The largest absolute Gasteiger partial charge is 0.490 e. The van der Waals surface area contributed by atoms with Crippen LogP contribution >= 0.6 is 11.3 Å². The molecule has 0 spiro atoms. The fourth-order valence-electron chi connectivity index (χ4n) is 4.74. The zero-order chi connectivity index (χ0) is 22.6. The first-order chi connectivity index (χ1) is 16.1. The average Bonchev–Trinajstić information content (AvgIpc) is 3.51. The van der Waals surface area contributed by atoms with Crippen LogP contribution in [0.5, 0.6) is 5.75 Å². The molecule has 3 aromatic rings. The fourth-order valence-corrected chi connectivity index (χ4v) is 5.47. The molecule has 3 heterocycles. The van der Waals surface area contributed by atoms with E-state index in [4.69, 9.17) is 4.74 Å². The highest BCUT2D eigenvalue weighted by Crippen LogP contribution is 2.25. The summed E-state index contributed by atoms with van der Waals surface area (Å²) in [7, 11) is 0. The van der Waals surface area contributed by atoms with Crippen LogP contribution in [-0.2, 0) is 17.8 Å². The van der Waals surface area contributed by atoms with E-state index in [9.17, 15) is 9.59 Å². The molecule has 174 valence electrons. The van der Waals surface area contributed by atoms with E-state index in [1.165, 1.54) is 24.2 Å². The Labute approximate surface area is 197 Å². The van der Waals surface area contributed by atoms with Crippen molar-refractivity contribution in [3.63, 3.8) is 0 Å². The van der Waals surface area contributed by atoms with Gasteiger partial charge in [0.1, 0.15) is 5.75 Å². The van der Waals surface area contributed by atoms with Crippen molar-refractivity contribution >= 4 is 22.2 Å². The molecule has 1 aromatic carbocycles. The first-order valence-corrected chi connectivity index (χ1v) is 12.7. The summed E-state index contributed by atoms with van der Waals surface area (Å²) >= 11 is 1.47. The van der Waals surface area contributed by atoms with Gasteiger partial charge in [-0.25, -0.2) is 4.98 Å². The van der Waals surface area contributed by atoms with Crippen LogP contribution < -0.4 is 10.3 Å². The van der Waals surface area contributed by atoms with Crippen LogP contribution in [0, 0.1) is 0 Å². The first kappa shape index (κ1) is 22.1. The Morgan fingerprint density at radius 1 is 1.12 bits per heavy atom. The summed E-state index contributed by atoms with van der Waals surface area (Å²) in [6, 6.07) is 9.82. The Morgan fingerprint density at radius 2 is 1.94 bits per heavy atom. The second kappa shape index (κ2) is 10.1. The SMILES string of the molecule is O=C(CCc1cccc(OC2CCCC2)c1)N1CCN(Cc2cc(=O)n3ccsc3n2)CC1. The highest BCUT2D eigenvalue weighted by Gasteiger charge is 2.22. The van der Waals surface area contributed by atoms with E-state index in [2.05, 4.69) is 22.0 Å². The lowest BCUT2D eigenvalue weighted by Gasteiger charge is -2.34. The number of hydrogen-bond donors (Lipinski definition) is 0. The minimum atomic E-state index is -0.0391. The predicted molar refractivity (Wildman–Crippen MR) is 129 cm³/mol. The number of thiazole rings is 1. The van der Waals surface area contributed by atoms with E-state index in [1.807, 2.05) is 22.4 Å². The number of rotatable bonds is 7. The van der Waals surface area contributed by atoms with Crippen molar-refractivity contribution < 1.29 is 9.53 Å². The maximum absolute atomic E-state index is 12.8. The van der Waals surface area contributed by atoms with Crippen molar-refractivity contribution in [3.05, 3.63) is 63.5 Å². The molecule has 1 saturated carbocycles. The molecule has 0 bridgehead atoms. The highest BCUT2D eigenvalue weighted by atomic mass is 32.1. The van der Waals surface area contributed by atoms with E-state index in [-0.39, 0.29) is 11.5 Å². The maximum atomic E-state index is 12.8. The fraction of sp³-hybridized carbons (Fsp3) is 0.480. The number of piperazine rings is 1. The van der Waals surface area contributed by atoms with Crippen molar-refractivity contribution in [2.45, 2.75) is 51.2 Å². The number of carbonyl (C=O) groups is 1. The smallest absolute Gasteiger partial charge is 0.258 e. The summed E-state index contributed by atoms with van der Waals surface area (Å²) in [5.74, 6) is 1.13. The summed E-state index contributed by atoms with van der Waals surface area (Å²) in [5.41, 5.74) is 1.91. The van der Waals surface area contributed by atoms with Crippen molar-refractivity contribution in [3.8, 4) is 5.75 Å². The van der Waals surface area contributed by atoms with Gasteiger partial charge < -0.3 is 9.64 Å². The molecule has 1 aliphatic carbocycles. The van der Waals surface area contributed by atoms with E-state index < -0.39 is 0 Å². The third kappa shape index (κ3) is 5.45. The molecule has 0 atom stereocenters. The average molecular weight is 467 g/mol. The highest BCUT2D eigenvalue weighted by molar-refractivity contribution is 7.15. The Kier molecular flexibility index (Phi) is 6.73. The maximum Gasteiger partial charge on any atom is 0.258 e. The molecule has 2 aromatic heterocycles. The minimum absolute atomic E-state index is 0.0391. The van der Waals surface area contributed by atoms with E-state index in [1.54, 1.807) is 16.7 Å². The Bertz CT molecular complexity index is 1160. The molecule has 1 aliphatic heterocycles. The molecule has 0 N–H and O–H groups in total. The molecule has 5 rings (SSSR count). The lowest BCUT2D eigenvalue weighted by molar-refractivity contribution is -0.133. The summed E-state index contributed by atoms with van der Waals surface area (Å²) in [6.07, 6.45) is 8.14. The van der Waals surface area contributed by atoms with Crippen molar-refractivity contribution in [2.75, 3.05) is 26.2 Å². The van der Waals surface area contributed by atoms with Crippen LogP contribution in [0.1, 0.15) is 43.4 Å². The summed E-state index contributed by atoms with van der Waals surface area (Å²) < 4.78 is 7.67. The molecule has 7 nitrogen and oxygen atoms in total. The van der Waals surface area contributed by atoms with Gasteiger partial charge in [0.15, 0.2) is 4.96 Å². The number of carbonyl (C=O) groups excluding carboxylic acids is 1. The van der Waals surface area contributed by atoms with Crippen LogP contribution in [-0.4, -0.2) is 57.4 Å². The lowest BCUT2D eigenvalue weighted by atomic mass is 10.1. The summed E-state index contributed by atoms with van der Waals surface area (Å²) in [5, 5.41) is 1.87. The molecule has 2 aliphatic rings. The van der Waals surface area contributed by atoms with Crippen LogP contribution in [0.25, 0.3) is 4.96 Å². The minimum Gasteiger partial charge on any atom is -0.490 e. The second-order valence-corrected chi connectivity index (χ2v) is 9.84. The van der Waals surface area contributed by atoms with E-state index >= 15 is 0 Å². The van der Waals surface area contributed by atoms with Gasteiger partial charge in [-0.05, 0) is 49.8 Å². The summed E-state index contributed by atoms with van der Waals surface area (Å²) in [6.45, 7) is 3.65. The number of hydrogen-bond acceptors (Lipinski definition) is 6. The Balaban J connectivity index is 1.09. The first-order valence-electron chi connectivity index (χ1n) is 11.9. The van der Waals surface area contributed by atoms with Gasteiger partial charge in [-0.1, -0.05) is 12.1 Å². The molecule has 1 saturated heterocycles. The van der Waals surface area contributed by atoms with Gasteiger partial charge in [-0.15, -0.1) is 11.3 Å². The third-order valence-electron chi connectivity index (χ3n) is 6.60. The van der Waals surface area contributed by atoms with Crippen LogP contribution in [0.2, 0.25) is 0 Å². The van der Waals surface area contributed by atoms with E-state index in [0.717, 1.165) is 54.3 Å². The number of fused-ring (bicyclic) bond motifs is 1. The number of amides is 1. The van der Waals surface area contributed by atoms with Gasteiger partial charge in [-0.2, -0.15) is 0 Å². The molecule has 0 unspecified atom stereocenters. The molecule has 1 amide bonds. The van der Waals surface area contributed by atoms with E-state index in [0.29, 0.717) is 32.2 Å². The number of aromatic nitrogens is 2. The monoisotopic (exact) mass is 466 g/mol. The van der Waals surface area contributed by atoms with Gasteiger partial charge in [0.2, 0.25) is 5.91 Å². The van der Waals surface area contributed by atoms with Crippen molar-refractivity contribution in [2.24, 2.45) is 0 Å². The van der Waals surface area contributed by atoms with Crippen molar-refractivity contribution in [1.29, 1.82) is 0 Å². The molecular formula is C25H30N4O3S. The Morgan fingerprint density at radius 3 is 2.76 bits per heavy atom. The van der Waals surface area contributed by atoms with Gasteiger partial charge in [0, 0.05) is 56.8 Å². The zero-order valence-corrected chi connectivity index (χ0v) is 19.6. The third-order valence-corrected chi connectivity index (χ3v) is 7.35. The molecular weight excluding hydrogens is 436 g/mol. The number of benzene rings is 1. The topological polar surface area (TPSA) is 67.2 Å². The van der Waals surface area contributed by atoms with Crippen LogP contribution in [0.4, 0.5) is 0 Å². The second-order valence-electron chi connectivity index (χ2n) is 8.97. The number of ether oxygens (including phenoxy) is 1. The Hall–Kier alpha value is -2.71. The molecule has 8 heteroatoms. The normalized spacial score (nSPS) is 17.6. The van der Waals surface area contributed by atoms with Gasteiger partial charge in [-0.3, -0.25) is 18.9 Å². The standard InChI is InChI=1S/C25H30N4O3S/c30-23(9-8-19-4-3-7-22(16-19)32-21-5-1-2-6-21)28-12-10-27(11-13-28)18-20-17-24(31)29-14-15-33-25(29)26-20/h3-4,7,14-17,21H,1-2,5-6,8-13,18H2. The van der Waals surface area contributed by atoms with Gasteiger partial charge in [0.05, 0.1) is 11.8 Å². The zero-order valence-electron chi connectivity index (χ0n) is 18.8. The number of aryl methyl sites for hydroxylation is 1. The molecule has 33 heavy (non-hydrogen) atoms. The van der Waals surface area contributed by atoms with Crippen LogP contribution in [0.3, 0.4) is 0 Å². The molecule has 2 fully saturated rings. The van der Waals surface area contributed by atoms with Gasteiger partial charge >= 0.3 is 0 Å². The lowest BCUT2D eigenvalue weighted by Crippen LogP contribution is -2.48. The van der Waals surface area contributed by atoms with Crippen molar-refractivity contribution in [1.82, 2.24) is 19.2 Å². The quantitative estimate of drug-likeness (QED) is 0.534. The van der Waals surface area contributed by atoms with Gasteiger partial charge in [0.25, 0.3) is 5.56 Å².